The van der Waals surface area contributed by atoms with Crippen LogP contribution in [-0.4, -0.2) is 16.2 Å². The summed E-state index contributed by atoms with van der Waals surface area (Å²) >= 11 is 1.01. The summed E-state index contributed by atoms with van der Waals surface area (Å²) in [6.07, 6.45) is 2.06. The van der Waals surface area contributed by atoms with Crippen molar-refractivity contribution in [3.8, 4) is 0 Å². The monoisotopic (exact) mass is 208 g/mol. The van der Waals surface area contributed by atoms with Crippen LogP contribution in [0.1, 0.15) is 10.4 Å². The third-order valence-corrected chi connectivity index (χ3v) is 2.72. The first-order valence-electron chi connectivity index (χ1n) is 3.70. The molecule has 0 radical (unpaired) electrons. The highest BCUT2D eigenvalue weighted by molar-refractivity contribution is 7.22. The lowest BCUT2D eigenvalue weighted by molar-refractivity contribution is -0.380. The maximum absolute atomic E-state index is 10.4. The summed E-state index contributed by atoms with van der Waals surface area (Å²) in [6, 6.07) is 2.99. The first-order valence-corrected chi connectivity index (χ1v) is 4.51. The topological polar surface area (TPSA) is 73.1 Å². The van der Waals surface area contributed by atoms with Gasteiger partial charge < -0.3 is 0 Å². The van der Waals surface area contributed by atoms with Crippen LogP contribution in [0.25, 0.3) is 10.2 Å². The van der Waals surface area contributed by atoms with Crippen molar-refractivity contribution >= 4 is 32.8 Å². The van der Waals surface area contributed by atoms with E-state index in [4.69, 9.17) is 0 Å². The van der Waals surface area contributed by atoms with Gasteiger partial charge in [0.25, 0.3) is 0 Å². The molecule has 0 unspecified atom stereocenters. The van der Waals surface area contributed by atoms with Gasteiger partial charge in [0.2, 0.25) is 0 Å². The van der Waals surface area contributed by atoms with Gasteiger partial charge in [0.05, 0.1) is 21.2 Å². The Morgan fingerprint density at radius 2 is 2.29 bits per heavy atom. The minimum Gasteiger partial charge on any atom is -0.298 e. The molecule has 70 valence electrons. The number of fused-ring (bicyclic) bond motifs is 1. The van der Waals surface area contributed by atoms with Crippen LogP contribution >= 0.6 is 11.3 Å². The van der Waals surface area contributed by atoms with Gasteiger partial charge in [-0.15, -0.1) is 0 Å². The van der Waals surface area contributed by atoms with Gasteiger partial charge in [-0.2, -0.15) is 0 Å². The van der Waals surface area contributed by atoms with Crippen molar-refractivity contribution in [2.75, 3.05) is 0 Å². The van der Waals surface area contributed by atoms with E-state index in [0.29, 0.717) is 22.1 Å². The zero-order valence-electron chi connectivity index (χ0n) is 6.84. The quantitative estimate of drug-likeness (QED) is 0.430. The molecule has 0 bridgehead atoms. The smallest absolute Gasteiger partial charge is 0.298 e. The van der Waals surface area contributed by atoms with Crippen LogP contribution in [0, 0.1) is 10.1 Å². The molecule has 0 aliphatic rings. The Balaban J connectivity index is 2.65. The van der Waals surface area contributed by atoms with Gasteiger partial charge in [0.15, 0.2) is 6.29 Å². The van der Waals surface area contributed by atoms with Crippen LogP contribution in [0.3, 0.4) is 0 Å². The second kappa shape index (κ2) is 3.15. The molecule has 2 aromatic rings. The number of carbonyl (C=O) groups is 1. The van der Waals surface area contributed by atoms with Crippen LogP contribution in [0.2, 0.25) is 0 Å². The third kappa shape index (κ3) is 1.35. The number of nitro groups is 1. The van der Waals surface area contributed by atoms with Crippen molar-refractivity contribution in [3.05, 3.63) is 34.0 Å². The number of hydrogen-bond donors (Lipinski definition) is 0. The van der Waals surface area contributed by atoms with Crippen LogP contribution in [-0.2, 0) is 0 Å². The highest BCUT2D eigenvalue weighted by atomic mass is 32.1. The number of nitrogens with zero attached hydrogens (tertiary/aromatic N) is 2. The van der Waals surface area contributed by atoms with Gasteiger partial charge >= 0.3 is 5.00 Å². The minimum atomic E-state index is -0.465. The van der Waals surface area contributed by atoms with Gasteiger partial charge in [-0.1, -0.05) is 11.3 Å². The van der Waals surface area contributed by atoms with Crippen LogP contribution < -0.4 is 0 Å². The van der Waals surface area contributed by atoms with E-state index >= 15 is 0 Å². The van der Waals surface area contributed by atoms with E-state index < -0.39 is 4.92 Å². The molecule has 2 heterocycles. The minimum absolute atomic E-state index is 0.0375. The van der Waals surface area contributed by atoms with Crippen molar-refractivity contribution in [2.45, 2.75) is 0 Å². The van der Waals surface area contributed by atoms with E-state index in [0.717, 1.165) is 11.3 Å². The molecule has 0 saturated heterocycles. The van der Waals surface area contributed by atoms with Crippen molar-refractivity contribution < 1.29 is 9.72 Å². The predicted molar refractivity (Wildman–Crippen MR) is 51.7 cm³/mol. The first kappa shape index (κ1) is 8.76. The lowest BCUT2D eigenvalue weighted by atomic mass is 10.3. The zero-order chi connectivity index (χ0) is 10.1. The Morgan fingerprint density at radius 1 is 1.50 bits per heavy atom. The van der Waals surface area contributed by atoms with Crippen LogP contribution in [0.15, 0.2) is 18.3 Å². The summed E-state index contributed by atoms with van der Waals surface area (Å²) in [5, 5.41) is 10.5. The second-order valence-corrected chi connectivity index (χ2v) is 3.67. The summed E-state index contributed by atoms with van der Waals surface area (Å²) in [4.78, 5) is 24.3. The average molecular weight is 208 g/mol. The summed E-state index contributed by atoms with van der Waals surface area (Å²) in [6.45, 7) is 0. The molecule has 2 rings (SSSR count). The van der Waals surface area contributed by atoms with Crippen molar-refractivity contribution in [3.63, 3.8) is 0 Å². The van der Waals surface area contributed by atoms with E-state index in [9.17, 15) is 14.9 Å². The fourth-order valence-corrected chi connectivity index (χ4v) is 1.96. The lowest BCUT2D eigenvalue weighted by Crippen LogP contribution is -1.81. The number of carbonyl (C=O) groups excluding carboxylic acids is 1. The average Bonchev–Trinajstić information content (AvgIpc) is 2.59. The van der Waals surface area contributed by atoms with E-state index in [-0.39, 0.29) is 5.00 Å². The van der Waals surface area contributed by atoms with E-state index in [1.165, 1.54) is 12.3 Å². The van der Waals surface area contributed by atoms with E-state index in [1.54, 1.807) is 6.07 Å². The number of thiophene rings is 1. The first-order chi connectivity index (χ1) is 6.70. The van der Waals surface area contributed by atoms with Gasteiger partial charge in [0, 0.05) is 11.8 Å². The zero-order valence-corrected chi connectivity index (χ0v) is 7.65. The molecule has 0 atom stereocenters. The number of aromatic nitrogens is 1. The van der Waals surface area contributed by atoms with E-state index in [1.807, 2.05) is 0 Å². The molecular formula is C8H4N2O3S. The molecule has 0 spiro atoms. The van der Waals surface area contributed by atoms with Gasteiger partial charge in [-0.05, 0) is 6.07 Å². The summed E-state index contributed by atoms with van der Waals surface area (Å²) in [5.74, 6) is 0. The third-order valence-electron chi connectivity index (χ3n) is 1.69. The second-order valence-electron chi connectivity index (χ2n) is 2.61. The molecule has 2 aromatic heterocycles. The Kier molecular flexibility index (Phi) is 1.97. The molecule has 0 aliphatic carbocycles. The molecule has 6 heteroatoms. The molecule has 0 N–H and O–H groups in total. The predicted octanol–water partition coefficient (Wildman–Crippen LogP) is 2.02. The molecule has 0 amide bonds. The van der Waals surface area contributed by atoms with Crippen molar-refractivity contribution in [2.24, 2.45) is 0 Å². The Bertz CT molecular complexity index is 520. The number of rotatable bonds is 2. The molecule has 5 nitrogen and oxygen atoms in total. The van der Waals surface area contributed by atoms with Gasteiger partial charge in [-0.25, -0.2) is 0 Å². The summed E-state index contributed by atoms with van der Waals surface area (Å²) in [5.41, 5.74) is 0.974. The fraction of sp³-hybridized carbons (Fsp3) is 0. The van der Waals surface area contributed by atoms with Crippen molar-refractivity contribution in [1.29, 1.82) is 0 Å². The molecule has 0 saturated carbocycles. The maximum Gasteiger partial charge on any atom is 0.326 e. The highest BCUT2D eigenvalue weighted by Crippen LogP contribution is 2.29. The molecule has 0 aromatic carbocycles. The highest BCUT2D eigenvalue weighted by Gasteiger charge is 2.11. The largest absolute Gasteiger partial charge is 0.326 e. The number of aldehydes is 1. The van der Waals surface area contributed by atoms with Crippen LogP contribution in [0.5, 0.6) is 0 Å². The maximum atomic E-state index is 10.4. The van der Waals surface area contributed by atoms with E-state index in [2.05, 4.69) is 4.98 Å². The summed E-state index contributed by atoms with van der Waals surface area (Å²) in [7, 11) is 0. The lowest BCUT2D eigenvalue weighted by Gasteiger charge is -1.87. The fourth-order valence-electron chi connectivity index (χ4n) is 1.07. The molecule has 14 heavy (non-hydrogen) atoms. The number of hydrogen-bond acceptors (Lipinski definition) is 5. The van der Waals surface area contributed by atoms with Gasteiger partial charge in [-0.3, -0.25) is 19.9 Å². The summed E-state index contributed by atoms with van der Waals surface area (Å²) < 4.78 is 0.654. The number of pyridine rings is 1. The van der Waals surface area contributed by atoms with Crippen LogP contribution in [0.4, 0.5) is 5.00 Å². The molecule has 0 aliphatic heterocycles. The molecular weight excluding hydrogens is 204 g/mol. The Morgan fingerprint density at radius 3 is 2.93 bits per heavy atom. The standard InChI is InChI=1S/C8H4N2O3S/c11-4-5-1-7-6(9-3-5)2-8(14-7)10(12)13/h1-4H. The molecule has 0 fully saturated rings. The van der Waals surface area contributed by atoms with Crippen molar-refractivity contribution in [1.82, 2.24) is 4.98 Å². The Hall–Kier alpha value is -1.82. The van der Waals surface area contributed by atoms with Gasteiger partial charge in [0.1, 0.15) is 0 Å². The SMILES string of the molecule is O=Cc1cnc2cc([N+](=O)[O-])sc2c1. The Labute approximate surface area is 82.2 Å². The normalized spacial score (nSPS) is 10.3.